The van der Waals surface area contributed by atoms with Crippen molar-refractivity contribution in [2.75, 3.05) is 26.2 Å². The van der Waals surface area contributed by atoms with E-state index in [-0.39, 0.29) is 12.0 Å². The third kappa shape index (κ3) is 3.08. The molecule has 3 N–H and O–H groups in total. The molecule has 1 atom stereocenters. The fourth-order valence-electron chi connectivity index (χ4n) is 1.69. The Labute approximate surface area is 94.6 Å². The van der Waals surface area contributed by atoms with Gasteiger partial charge in [0.05, 0.1) is 6.61 Å². The molecule has 1 fully saturated rings. The summed E-state index contributed by atoms with van der Waals surface area (Å²) in [4.78, 5) is 14.7. The predicted octanol–water partition coefficient (Wildman–Crippen LogP) is -0.338. The van der Waals surface area contributed by atoms with E-state index in [1.807, 2.05) is 18.3 Å². The van der Waals surface area contributed by atoms with E-state index in [9.17, 15) is 4.79 Å². The number of rotatable bonds is 4. The molecule has 16 heavy (non-hydrogen) atoms. The number of hydrogen-bond donors (Lipinski definition) is 3. The SMILES string of the molecule is O=C(NCCc1ccc[nH]1)C1CNCCO1. The Morgan fingerprint density at radius 3 is 3.25 bits per heavy atom. The summed E-state index contributed by atoms with van der Waals surface area (Å²) in [6.45, 7) is 2.68. The van der Waals surface area contributed by atoms with Gasteiger partial charge < -0.3 is 20.4 Å². The maximum absolute atomic E-state index is 11.6. The molecule has 0 radical (unpaired) electrons. The summed E-state index contributed by atoms with van der Waals surface area (Å²) in [6.07, 6.45) is 2.36. The van der Waals surface area contributed by atoms with Crippen molar-refractivity contribution < 1.29 is 9.53 Å². The fraction of sp³-hybridized carbons (Fsp3) is 0.545. The van der Waals surface area contributed by atoms with Crippen LogP contribution in [0.15, 0.2) is 18.3 Å². The molecule has 1 aliphatic rings. The number of morpholine rings is 1. The molecule has 0 bridgehead atoms. The Bertz CT molecular complexity index is 318. The molecule has 1 aliphatic heterocycles. The van der Waals surface area contributed by atoms with Crippen LogP contribution in [0.3, 0.4) is 0 Å². The van der Waals surface area contributed by atoms with Gasteiger partial charge in [0, 0.05) is 37.9 Å². The monoisotopic (exact) mass is 223 g/mol. The first-order chi connectivity index (χ1) is 7.86. The number of amides is 1. The highest BCUT2D eigenvalue weighted by Crippen LogP contribution is 1.97. The lowest BCUT2D eigenvalue weighted by Gasteiger charge is -2.22. The maximum Gasteiger partial charge on any atom is 0.250 e. The number of nitrogens with one attached hydrogen (secondary N) is 3. The van der Waals surface area contributed by atoms with Crippen molar-refractivity contribution in [2.45, 2.75) is 12.5 Å². The maximum atomic E-state index is 11.6. The normalized spacial score (nSPS) is 20.6. The third-order valence-corrected chi connectivity index (χ3v) is 2.58. The summed E-state index contributed by atoms with van der Waals surface area (Å²) in [5.74, 6) is -0.0289. The van der Waals surface area contributed by atoms with Gasteiger partial charge in [-0.05, 0) is 12.1 Å². The van der Waals surface area contributed by atoms with E-state index in [4.69, 9.17) is 4.74 Å². The van der Waals surface area contributed by atoms with Gasteiger partial charge in [-0.25, -0.2) is 0 Å². The highest BCUT2D eigenvalue weighted by molar-refractivity contribution is 5.81. The molecule has 1 amide bonds. The van der Waals surface area contributed by atoms with Gasteiger partial charge in [0.2, 0.25) is 5.91 Å². The minimum atomic E-state index is -0.336. The first kappa shape index (κ1) is 11.2. The highest BCUT2D eigenvalue weighted by atomic mass is 16.5. The first-order valence-corrected chi connectivity index (χ1v) is 5.58. The van der Waals surface area contributed by atoms with Gasteiger partial charge in [-0.1, -0.05) is 0 Å². The molecular formula is C11H17N3O2. The van der Waals surface area contributed by atoms with Gasteiger partial charge in [0.25, 0.3) is 0 Å². The smallest absolute Gasteiger partial charge is 0.250 e. The van der Waals surface area contributed by atoms with Crippen LogP contribution in [0.25, 0.3) is 0 Å². The molecular weight excluding hydrogens is 206 g/mol. The molecule has 1 aromatic heterocycles. The number of H-pyrrole nitrogens is 1. The lowest BCUT2D eigenvalue weighted by Crippen LogP contribution is -2.48. The van der Waals surface area contributed by atoms with Crippen LogP contribution in [0.5, 0.6) is 0 Å². The van der Waals surface area contributed by atoms with E-state index in [1.54, 1.807) is 0 Å². The molecule has 1 unspecified atom stereocenters. The van der Waals surface area contributed by atoms with Crippen LogP contribution >= 0.6 is 0 Å². The Morgan fingerprint density at radius 1 is 1.62 bits per heavy atom. The number of hydrogen-bond acceptors (Lipinski definition) is 3. The minimum Gasteiger partial charge on any atom is -0.366 e. The van der Waals surface area contributed by atoms with Crippen molar-refractivity contribution in [3.05, 3.63) is 24.0 Å². The zero-order valence-electron chi connectivity index (χ0n) is 9.16. The van der Waals surface area contributed by atoms with Crippen molar-refractivity contribution in [3.63, 3.8) is 0 Å². The number of carbonyl (C=O) groups is 1. The predicted molar refractivity (Wildman–Crippen MR) is 60.1 cm³/mol. The number of carbonyl (C=O) groups excluding carboxylic acids is 1. The fourth-order valence-corrected chi connectivity index (χ4v) is 1.69. The second kappa shape index (κ2) is 5.67. The number of ether oxygens (including phenoxy) is 1. The summed E-state index contributed by atoms with van der Waals surface area (Å²) in [5.41, 5.74) is 1.13. The zero-order chi connectivity index (χ0) is 11.2. The van der Waals surface area contributed by atoms with Crippen molar-refractivity contribution in [3.8, 4) is 0 Å². The molecule has 88 valence electrons. The van der Waals surface area contributed by atoms with E-state index >= 15 is 0 Å². The second-order valence-corrected chi connectivity index (χ2v) is 3.80. The van der Waals surface area contributed by atoms with Gasteiger partial charge >= 0.3 is 0 Å². The number of aromatic nitrogens is 1. The largest absolute Gasteiger partial charge is 0.366 e. The van der Waals surface area contributed by atoms with Gasteiger partial charge in [-0.3, -0.25) is 4.79 Å². The van der Waals surface area contributed by atoms with E-state index in [1.165, 1.54) is 0 Å². The van der Waals surface area contributed by atoms with Crippen LogP contribution in [0.2, 0.25) is 0 Å². The van der Waals surface area contributed by atoms with Gasteiger partial charge in [-0.15, -0.1) is 0 Å². The minimum absolute atomic E-state index is 0.0289. The van der Waals surface area contributed by atoms with E-state index in [2.05, 4.69) is 15.6 Å². The van der Waals surface area contributed by atoms with Gasteiger partial charge in [-0.2, -0.15) is 0 Å². The van der Waals surface area contributed by atoms with Gasteiger partial charge in [0.15, 0.2) is 0 Å². The molecule has 2 rings (SSSR count). The van der Waals surface area contributed by atoms with Crippen LogP contribution in [-0.4, -0.2) is 43.2 Å². The summed E-state index contributed by atoms with van der Waals surface area (Å²) >= 11 is 0. The Balaban J connectivity index is 1.67. The summed E-state index contributed by atoms with van der Waals surface area (Å²) in [7, 11) is 0. The molecule has 0 aromatic carbocycles. The second-order valence-electron chi connectivity index (χ2n) is 3.80. The lowest BCUT2D eigenvalue weighted by molar-refractivity contribution is -0.134. The summed E-state index contributed by atoms with van der Waals surface area (Å²) in [6, 6.07) is 3.95. The van der Waals surface area contributed by atoms with Crippen LogP contribution < -0.4 is 10.6 Å². The van der Waals surface area contributed by atoms with E-state index < -0.39 is 0 Å². The zero-order valence-corrected chi connectivity index (χ0v) is 9.16. The molecule has 5 heteroatoms. The molecule has 0 saturated carbocycles. The number of aromatic amines is 1. The van der Waals surface area contributed by atoms with Crippen LogP contribution in [0.4, 0.5) is 0 Å². The summed E-state index contributed by atoms with van der Waals surface area (Å²) < 4.78 is 5.35. The average Bonchev–Trinajstić information content (AvgIpc) is 2.83. The lowest BCUT2D eigenvalue weighted by atomic mass is 10.2. The van der Waals surface area contributed by atoms with Gasteiger partial charge in [0.1, 0.15) is 6.10 Å². The molecule has 0 spiro atoms. The quantitative estimate of drug-likeness (QED) is 0.654. The third-order valence-electron chi connectivity index (χ3n) is 2.58. The van der Waals surface area contributed by atoms with Crippen LogP contribution in [0, 0.1) is 0 Å². The average molecular weight is 223 g/mol. The van der Waals surface area contributed by atoms with Crippen molar-refractivity contribution >= 4 is 5.91 Å². The van der Waals surface area contributed by atoms with Crippen molar-refractivity contribution in [2.24, 2.45) is 0 Å². The Morgan fingerprint density at radius 2 is 2.56 bits per heavy atom. The van der Waals surface area contributed by atoms with Crippen LogP contribution in [0.1, 0.15) is 5.69 Å². The van der Waals surface area contributed by atoms with Crippen molar-refractivity contribution in [1.82, 2.24) is 15.6 Å². The van der Waals surface area contributed by atoms with Crippen molar-refractivity contribution in [1.29, 1.82) is 0 Å². The van der Waals surface area contributed by atoms with E-state index in [0.29, 0.717) is 19.7 Å². The molecule has 2 heterocycles. The molecule has 0 aliphatic carbocycles. The molecule has 1 aromatic rings. The topological polar surface area (TPSA) is 66.2 Å². The van der Waals surface area contributed by atoms with Crippen LogP contribution in [-0.2, 0) is 16.0 Å². The summed E-state index contributed by atoms with van der Waals surface area (Å²) in [5, 5.41) is 5.99. The Hall–Kier alpha value is -1.33. The standard InChI is InChI=1S/C11H17N3O2/c15-11(10-8-12-6-7-16-10)14-5-3-9-2-1-4-13-9/h1-2,4,10,12-13H,3,5-8H2,(H,14,15). The Kier molecular flexibility index (Phi) is 3.96. The molecule has 5 nitrogen and oxygen atoms in total. The molecule has 1 saturated heterocycles. The highest BCUT2D eigenvalue weighted by Gasteiger charge is 2.20. The first-order valence-electron chi connectivity index (χ1n) is 5.58. The van der Waals surface area contributed by atoms with E-state index in [0.717, 1.165) is 18.7 Å².